The highest BCUT2D eigenvalue weighted by Gasteiger charge is 2.07. The fraction of sp³-hybridized carbons (Fsp3) is 0.0833. The van der Waals surface area contributed by atoms with E-state index >= 15 is 0 Å². The summed E-state index contributed by atoms with van der Waals surface area (Å²) in [6.45, 7) is 1.80. The van der Waals surface area contributed by atoms with Gasteiger partial charge in [0.05, 0.1) is 0 Å². The van der Waals surface area contributed by atoms with Crippen molar-refractivity contribution in [2.24, 2.45) is 0 Å². The van der Waals surface area contributed by atoms with Crippen LogP contribution in [0.5, 0.6) is 11.5 Å². The van der Waals surface area contributed by atoms with Crippen LogP contribution in [-0.4, -0.2) is 4.98 Å². The van der Waals surface area contributed by atoms with Crippen LogP contribution in [0.25, 0.3) is 0 Å². The van der Waals surface area contributed by atoms with E-state index in [0.29, 0.717) is 11.4 Å². The number of aromatic nitrogens is 1. The summed E-state index contributed by atoms with van der Waals surface area (Å²) in [6.07, 6.45) is 3.16. The summed E-state index contributed by atoms with van der Waals surface area (Å²) in [5, 5.41) is 0. The number of nitrogens with two attached hydrogens (primary N) is 1. The highest BCUT2D eigenvalue weighted by atomic mass is 19.1. The van der Waals surface area contributed by atoms with Crippen molar-refractivity contribution < 1.29 is 9.13 Å². The molecule has 4 heteroatoms. The summed E-state index contributed by atoms with van der Waals surface area (Å²) in [6, 6.07) is 6.15. The Labute approximate surface area is 92.7 Å². The number of pyridine rings is 1. The highest BCUT2D eigenvalue weighted by molar-refractivity contribution is 5.51. The Kier molecular flexibility index (Phi) is 2.72. The van der Waals surface area contributed by atoms with Crippen molar-refractivity contribution in [1.82, 2.24) is 4.98 Å². The molecule has 1 heterocycles. The zero-order chi connectivity index (χ0) is 11.5. The minimum atomic E-state index is -0.472. The third-order valence-corrected chi connectivity index (χ3v) is 2.20. The predicted molar refractivity (Wildman–Crippen MR) is 59.9 cm³/mol. The molecule has 0 aliphatic carbocycles. The molecule has 3 nitrogen and oxygen atoms in total. The van der Waals surface area contributed by atoms with Gasteiger partial charge in [0.2, 0.25) is 0 Å². The molecule has 2 aromatic rings. The molecule has 0 saturated carbocycles. The first-order valence-corrected chi connectivity index (χ1v) is 4.80. The van der Waals surface area contributed by atoms with Crippen LogP contribution in [0.4, 0.5) is 10.1 Å². The van der Waals surface area contributed by atoms with Gasteiger partial charge in [0, 0.05) is 24.1 Å². The van der Waals surface area contributed by atoms with E-state index in [1.54, 1.807) is 37.5 Å². The van der Waals surface area contributed by atoms with Crippen LogP contribution in [-0.2, 0) is 0 Å². The normalized spacial score (nSPS) is 10.1. The zero-order valence-corrected chi connectivity index (χ0v) is 8.77. The number of nitrogens with zero attached hydrogens (tertiary/aromatic N) is 1. The first-order valence-electron chi connectivity index (χ1n) is 4.80. The van der Waals surface area contributed by atoms with Gasteiger partial charge in [0.15, 0.2) is 11.6 Å². The van der Waals surface area contributed by atoms with Crippen molar-refractivity contribution in [3.05, 3.63) is 48.0 Å². The summed E-state index contributed by atoms with van der Waals surface area (Å²) in [5.74, 6) is 0.232. The Morgan fingerprint density at radius 3 is 2.62 bits per heavy atom. The summed E-state index contributed by atoms with van der Waals surface area (Å²) in [7, 11) is 0. The van der Waals surface area contributed by atoms with Gasteiger partial charge in [-0.3, -0.25) is 4.98 Å². The van der Waals surface area contributed by atoms with Crippen molar-refractivity contribution in [2.75, 3.05) is 5.73 Å². The topological polar surface area (TPSA) is 48.1 Å². The molecule has 2 rings (SSSR count). The molecule has 0 amide bonds. The molecular weight excluding hydrogens is 207 g/mol. The monoisotopic (exact) mass is 218 g/mol. The van der Waals surface area contributed by atoms with E-state index in [1.807, 2.05) is 0 Å². The lowest BCUT2D eigenvalue weighted by atomic mass is 10.2. The number of halogens is 1. The Bertz CT molecular complexity index is 500. The molecule has 0 radical (unpaired) electrons. The molecule has 0 aliphatic heterocycles. The fourth-order valence-electron chi connectivity index (χ4n) is 1.28. The molecule has 0 bridgehead atoms. The number of anilines is 1. The molecule has 2 N–H and O–H groups in total. The molecular formula is C12H11FN2O. The lowest BCUT2D eigenvalue weighted by molar-refractivity contribution is 0.441. The van der Waals surface area contributed by atoms with Crippen molar-refractivity contribution in [3.8, 4) is 11.5 Å². The van der Waals surface area contributed by atoms with E-state index < -0.39 is 5.82 Å². The lowest BCUT2D eigenvalue weighted by Crippen LogP contribution is -1.94. The van der Waals surface area contributed by atoms with Gasteiger partial charge in [0.25, 0.3) is 0 Å². The van der Waals surface area contributed by atoms with Crippen LogP contribution < -0.4 is 10.5 Å². The Balaban J connectivity index is 2.32. The third-order valence-electron chi connectivity index (χ3n) is 2.20. The SMILES string of the molecule is Cc1cc(Oc2ccncc2)c(F)cc1N. The van der Waals surface area contributed by atoms with Gasteiger partial charge in [0.1, 0.15) is 5.75 Å². The van der Waals surface area contributed by atoms with Gasteiger partial charge in [-0.2, -0.15) is 0 Å². The summed E-state index contributed by atoms with van der Waals surface area (Å²) in [5.41, 5.74) is 6.78. The van der Waals surface area contributed by atoms with Gasteiger partial charge >= 0.3 is 0 Å². The van der Waals surface area contributed by atoms with E-state index in [1.165, 1.54) is 6.07 Å². The number of hydrogen-bond acceptors (Lipinski definition) is 3. The number of benzene rings is 1. The number of aryl methyl sites for hydroxylation is 1. The Hall–Kier alpha value is -2.10. The van der Waals surface area contributed by atoms with E-state index in [4.69, 9.17) is 10.5 Å². The molecule has 1 aromatic carbocycles. The smallest absolute Gasteiger partial charge is 0.167 e. The molecule has 0 atom stereocenters. The van der Waals surface area contributed by atoms with Gasteiger partial charge in [-0.1, -0.05) is 0 Å². The van der Waals surface area contributed by atoms with Crippen molar-refractivity contribution >= 4 is 5.69 Å². The van der Waals surface area contributed by atoms with Crippen molar-refractivity contribution in [1.29, 1.82) is 0 Å². The van der Waals surface area contributed by atoms with Crippen LogP contribution in [0.15, 0.2) is 36.7 Å². The van der Waals surface area contributed by atoms with Crippen LogP contribution >= 0.6 is 0 Å². The molecule has 1 aromatic heterocycles. The standard InChI is InChI=1S/C12H11FN2O/c1-8-6-12(10(13)7-11(8)14)16-9-2-4-15-5-3-9/h2-7H,14H2,1H3. The minimum absolute atomic E-state index is 0.165. The predicted octanol–water partition coefficient (Wildman–Crippen LogP) is 2.90. The maximum absolute atomic E-state index is 13.5. The number of nitrogen functional groups attached to an aromatic ring is 1. The summed E-state index contributed by atoms with van der Waals surface area (Å²) >= 11 is 0. The molecule has 0 spiro atoms. The van der Waals surface area contributed by atoms with Gasteiger partial charge in [-0.25, -0.2) is 4.39 Å². The minimum Gasteiger partial charge on any atom is -0.454 e. The molecule has 82 valence electrons. The molecule has 0 unspecified atom stereocenters. The Morgan fingerprint density at radius 1 is 1.25 bits per heavy atom. The molecule has 0 fully saturated rings. The van der Waals surface area contributed by atoms with Gasteiger partial charge < -0.3 is 10.5 Å². The fourth-order valence-corrected chi connectivity index (χ4v) is 1.28. The zero-order valence-electron chi connectivity index (χ0n) is 8.77. The summed E-state index contributed by atoms with van der Waals surface area (Å²) < 4.78 is 18.9. The number of hydrogen-bond donors (Lipinski definition) is 1. The van der Waals surface area contributed by atoms with Crippen LogP contribution in [0.1, 0.15) is 5.56 Å². The van der Waals surface area contributed by atoms with E-state index in [2.05, 4.69) is 4.98 Å². The van der Waals surface area contributed by atoms with Gasteiger partial charge in [-0.05, 0) is 30.7 Å². The largest absolute Gasteiger partial charge is 0.454 e. The molecule has 16 heavy (non-hydrogen) atoms. The Morgan fingerprint density at radius 2 is 1.94 bits per heavy atom. The van der Waals surface area contributed by atoms with E-state index in [-0.39, 0.29) is 5.75 Å². The van der Waals surface area contributed by atoms with Crippen molar-refractivity contribution in [3.63, 3.8) is 0 Å². The quantitative estimate of drug-likeness (QED) is 0.788. The second kappa shape index (κ2) is 4.18. The van der Waals surface area contributed by atoms with E-state index in [0.717, 1.165) is 5.56 Å². The number of rotatable bonds is 2. The highest BCUT2D eigenvalue weighted by Crippen LogP contribution is 2.27. The summed E-state index contributed by atoms with van der Waals surface area (Å²) in [4.78, 5) is 3.85. The van der Waals surface area contributed by atoms with Crippen LogP contribution in [0, 0.1) is 12.7 Å². The average molecular weight is 218 g/mol. The lowest BCUT2D eigenvalue weighted by Gasteiger charge is -2.08. The maximum atomic E-state index is 13.5. The van der Waals surface area contributed by atoms with Crippen LogP contribution in [0.2, 0.25) is 0 Å². The van der Waals surface area contributed by atoms with Gasteiger partial charge in [-0.15, -0.1) is 0 Å². The average Bonchev–Trinajstić information content (AvgIpc) is 2.27. The second-order valence-electron chi connectivity index (χ2n) is 3.42. The molecule has 0 aliphatic rings. The first-order chi connectivity index (χ1) is 7.66. The van der Waals surface area contributed by atoms with E-state index in [9.17, 15) is 4.39 Å². The molecule has 0 saturated heterocycles. The number of ether oxygens (including phenoxy) is 1. The van der Waals surface area contributed by atoms with Crippen LogP contribution in [0.3, 0.4) is 0 Å². The maximum Gasteiger partial charge on any atom is 0.167 e. The van der Waals surface area contributed by atoms with Crippen molar-refractivity contribution in [2.45, 2.75) is 6.92 Å². The second-order valence-corrected chi connectivity index (χ2v) is 3.42. The third kappa shape index (κ3) is 2.11. The first kappa shape index (κ1) is 10.4.